The van der Waals surface area contributed by atoms with Gasteiger partial charge in [-0.2, -0.15) is 0 Å². The highest BCUT2D eigenvalue weighted by Gasteiger charge is 2.15. The monoisotopic (exact) mass is 352 g/mol. The van der Waals surface area contributed by atoms with Crippen LogP contribution in [0.25, 0.3) is 0 Å². The second-order valence-electron chi connectivity index (χ2n) is 5.52. The van der Waals surface area contributed by atoms with E-state index < -0.39 is 9.84 Å². The van der Waals surface area contributed by atoms with Crippen LogP contribution >= 0.6 is 11.3 Å². The molecule has 2 aromatic rings. The zero-order valence-electron chi connectivity index (χ0n) is 13.2. The summed E-state index contributed by atoms with van der Waals surface area (Å²) in [5.41, 5.74) is 0.942. The molecule has 1 N–H and O–H groups in total. The molecule has 0 unspecified atom stereocenters. The Hall–Kier alpha value is -1.73. The van der Waals surface area contributed by atoms with Gasteiger partial charge in [-0.15, -0.1) is 11.3 Å². The maximum Gasteiger partial charge on any atom is 0.226 e. The van der Waals surface area contributed by atoms with Crippen molar-refractivity contribution < 1.29 is 13.2 Å². The zero-order chi connectivity index (χ0) is 16.9. The van der Waals surface area contributed by atoms with E-state index in [-0.39, 0.29) is 24.5 Å². The Morgan fingerprint density at radius 2 is 1.96 bits per heavy atom. The SMILES string of the molecule is CC(C)c1csc(NC(=O)CCCS(=O)(=O)c2ccccc2)n1. The lowest BCUT2D eigenvalue weighted by Crippen LogP contribution is -2.14. The van der Waals surface area contributed by atoms with Crippen molar-refractivity contribution in [3.63, 3.8) is 0 Å². The summed E-state index contributed by atoms with van der Waals surface area (Å²) in [4.78, 5) is 16.5. The van der Waals surface area contributed by atoms with Crippen LogP contribution in [-0.4, -0.2) is 25.1 Å². The number of benzene rings is 1. The Bertz CT molecular complexity index is 753. The van der Waals surface area contributed by atoms with Gasteiger partial charge in [0.2, 0.25) is 5.91 Å². The van der Waals surface area contributed by atoms with E-state index in [0.29, 0.717) is 15.9 Å². The Labute approximate surface area is 140 Å². The topological polar surface area (TPSA) is 76.1 Å². The number of hydrogen-bond donors (Lipinski definition) is 1. The fourth-order valence-electron chi connectivity index (χ4n) is 1.96. The van der Waals surface area contributed by atoms with Crippen LogP contribution in [0.3, 0.4) is 0 Å². The number of aromatic nitrogens is 1. The maximum absolute atomic E-state index is 12.1. The molecule has 0 bridgehead atoms. The lowest BCUT2D eigenvalue weighted by atomic mass is 10.2. The Kier molecular flexibility index (Phi) is 5.90. The number of amides is 1. The van der Waals surface area contributed by atoms with E-state index in [1.165, 1.54) is 11.3 Å². The van der Waals surface area contributed by atoms with Gasteiger partial charge in [0.25, 0.3) is 0 Å². The van der Waals surface area contributed by atoms with Crippen molar-refractivity contribution in [2.24, 2.45) is 0 Å². The quantitative estimate of drug-likeness (QED) is 0.828. The highest BCUT2D eigenvalue weighted by atomic mass is 32.2. The van der Waals surface area contributed by atoms with E-state index in [9.17, 15) is 13.2 Å². The summed E-state index contributed by atoms with van der Waals surface area (Å²) >= 11 is 1.38. The van der Waals surface area contributed by atoms with Crippen molar-refractivity contribution in [2.45, 2.75) is 37.5 Å². The fraction of sp³-hybridized carbons (Fsp3) is 0.375. The fourth-order valence-corrected chi connectivity index (χ4v) is 4.18. The number of sulfone groups is 1. The third kappa shape index (κ3) is 5.14. The van der Waals surface area contributed by atoms with E-state index in [4.69, 9.17) is 0 Å². The normalized spacial score (nSPS) is 11.6. The molecular weight excluding hydrogens is 332 g/mol. The standard InChI is InChI=1S/C16H20N2O3S2/c1-12(2)14-11-22-16(17-14)18-15(19)9-6-10-23(20,21)13-7-4-3-5-8-13/h3-5,7-8,11-12H,6,9-10H2,1-2H3,(H,17,18,19). The molecular formula is C16H20N2O3S2. The average molecular weight is 352 g/mol. The van der Waals surface area contributed by atoms with Gasteiger partial charge in [0.05, 0.1) is 16.3 Å². The number of anilines is 1. The van der Waals surface area contributed by atoms with Crippen LogP contribution in [-0.2, 0) is 14.6 Å². The number of rotatable bonds is 7. The van der Waals surface area contributed by atoms with Gasteiger partial charge in [0, 0.05) is 11.8 Å². The molecule has 23 heavy (non-hydrogen) atoms. The number of carbonyl (C=O) groups is 1. The van der Waals surface area contributed by atoms with E-state index in [0.717, 1.165) is 5.69 Å². The molecule has 124 valence electrons. The molecule has 0 aliphatic rings. The van der Waals surface area contributed by atoms with Gasteiger partial charge in [0.1, 0.15) is 0 Å². The van der Waals surface area contributed by atoms with Gasteiger partial charge in [0.15, 0.2) is 15.0 Å². The van der Waals surface area contributed by atoms with E-state index in [2.05, 4.69) is 10.3 Å². The summed E-state index contributed by atoms with van der Waals surface area (Å²) in [5.74, 6) is 0.0605. The van der Waals surface area contributed by atoms with Crippen LogP contribution in [0.5, 0.6) is 0 Å². The number of nitrogens with zero attached hydrogens (tertiary/aromatic N) is 1. The van der Waals surface area contributed by atoms with Gasteiger partial charge in [-0.25, -0.2) is 13.4 Å². The molecule has 1 aromatic heterocycles. The molecule has 0 aliphatic heterocycles. The summed E-state index contributed by atoms with van der Waals surface area (Å²) < 4.78 is 24.2. The summed E-state index contributed by atoms with van der Waals surface area (Å²) in [6.07, 6.45) is 0.439. The number of carbonyl (C=O) groups excluding carboxylic acids is 1. The van der Waals surface area contributed by atoms with Crippen molar-refractivity contribution in [3.05, 3.63) is 41.4 Å². The van der Waals surface area contributed by atoms with Crippen LogP contribution in [0.4, 0.5) is 5.13 Å². The maximum atomic E-state index is 12.1. The smallest absolute Gasteiger partial charge is 0.226 e. The van der Waals surface area contributed by atoms with Gasteiger partial charge < -0.3 is 5.32 Å². The predicted octanol–water partition coefficient (Wildman–Crippen LogP) is 3.46. The first-order valence-electron chi connectivity index (χ1n) is 7.41. The molecule has 0 saturated heterocycles. The first kappa shape index (κ1) is 17.6. The first-order valence-corrected chi connectivity index (χ1v) is 9.95. The number of hydrogen-bond acceptors (Lipinski definition) is 5. The molecule has 1 amide bonds. The number of thiazole rings is 1. The van der Waals surface area contributed by atoms with Gasteiger partial charge >= 0.3 is 0 Å². The minimum absolute atomic E-state index is 0.0421. The molecule has 0 fully saturated rings. The molecule has 0 spiro atoms. The summed E-state index contributed by atoms with van der Waals surface area (Å²) in [7, 11) is -3.33. The van der Waals surface area contributed by atoms with Gasteiger partial charge in [-0.3, -0.25) is 4.79 Å². The van der Waals surface area contributed by atoms with Crippen LogP contribution in [0.15, 0.2) is 40.6 Å². The lowest BCUT2D eigenvalue weighted by molar-refractivity contribution is -0.116. The second kappa shape index (κ2) is 7.70. The average Bonchev–Trinajstić information content (AvgIpc) is 2.96. The van der Waals surface area contributed by atoms with Crippen LogP contribution in [0, 0.1) is 0 Å². The lowest BCUT2D eigenvalue weighted by Gasteiger charge is -2.04. The summed E-state index contributed by atoms with van der Waals surface area (Å²) in [6, 6.07) is 8.28. The van der Waals surface area contributed by atoms with Crippen molar-refractivity contribution in [3.8, 4) is 0 Å². The van der Waals surface area contributed by atoms with Crippen molar-refractivity contribution in [1.82, 2.24) is 4.98 Å². The van der Waals surface area contributed by atoms with Crippen molar-refractivity contribution in [1.29, 1.82) is 0 Å². The van der Waals surface area contributed by atoms with E-state index >= 15 is 0 Å². The highest BCUT2D eigenvalue weighted by Crippen LogP contribution is 2.21. The van der Waals surface area contributed by atoms with Crippen LogP contribution < -0.4 is 5.32 Å². The molecule has 2 rings (SSSR count). The van der Waals surface area contributed by atoms with E-state index in [1.54, 1.807) is 30.3 Å². The summed E-state index contributed by atoms with van der Waals surface area (Å²) in [5, 5.41) is 5.19. The minimum Gasteiger partial charge on any atom is -0.302 e. The molecule has 0 aliphatic carbocycles. The molecule has 0 saturated carbocycles. The van der Waals surface area contributed by atoms with Crippen molar-refractivity contribution >= 4 is 32.2 Å². The Morgan fingerprint density at radius 1 is 1.26 bits per heavy atom. The van der Waals surface area contributed by atoms with Gasteiger partial charge in [-0.1, -0.05) is 32.0 Å². The van der Waals surface area contributed by atoms with Crippen molar-refractivity contribution in [2.75, 3.05) is 11.1 Å². The molecule has 5 nitrogen and oxygen atoms in total. The molecule has 1 aromatic carbocycles. The Balaban J connectivity index is 1.82. The van der Waals surface area contributed by atoms with Crippen LogP contribution in [0.1, 0.15) is 38.3 Å². The largest absolute Gasteiger partial charge is 0.302 e. The van der Waals surface area contributed by atoms with Crippen LogP contribution in [0.2, 0.25) is 0 Å². The third-order valence-electron chi connectivity index (χ3n) is 3.28. The second-order valence-corrected chi connectivity index (χ2v) is 8.48. The molecule has 0 radical (unpaired) electrons. The Morgan fingerprint density at radius 3 is 2.57 bits per heavy atom. The highest BCUT2D eigenvalue weighted by molar-refractivity contribution is 7.91. The zero-order valence-corrected chi connectivity index (χ0v) is 14.8. The third-order valence-corrected chi connectivity index (χ3v) is 5.87. The predicted molar refractivity (Wildman–Crippen MR) is 92.6 cm³/mol. The molecule has 0 atom stereocenters. The van der Waals surface area contributed by atoms with Gasteiger partial charge in [-0.05, 0) is 24.5 Å². The minimum atomic E-state index is -3.33. The molecule has 1 heterocycles. The van der Waals surface area contributed by atoms with E-state index in [1.807, 2.05) is 19.2 Å². The first-order chi connectivity index (χ1) is 10.9. The molecule has 7 heteroatoms. The number of nitrogens with one attached hydrogen (secondary N) is 1. The summed E-state index contributed by atoms with van der Waals surface area (Å²) in [6.45, 7) is 4.07.